The second-order valence-corrected chi connectivity index (χ2v) is 8.82. The molecule has 36 heavy (non-hydrogen) atoms. The van der Waals surface area contributed by atoms with Crippen molar-refractivity contribution in [1.29, 1.82) is 0 Å². The third kappa shape index (κ3) is 6.36. The van der Waals surface area contributed by atoms with E-state index in [0.717, 1.165) is 47.6 Å². The molecule has 1 unspecified atom stereocenters. The fourth-order valence-electron chi connectivity index (χ4n) is 4.22. The van der Waals surface area contributed by atoms with Gasteiger partial charge in [0.2, 0.25) is 17.6 Å². The highest BCUT2D eigenvalue weighted by molar-refractivity contribution is 5.79. The van der Waals surface area contributed by atoms with E-state index in [-0.39, 0.29) is 11.8 Å². The highest BCUT2D eigenvalue weighted by atomic mass is 16.5. The summed E-state index contributed by atoms with van der Waals surface area (Å²) in [5.74, 6) is 3.33. The van der Waals surface area contributed by atoms with Crippen molar-refractivity contribution in [3.63, 3.8) is 0 Å². The summed E-state index contributed by atoms with van der Waals surface area (Å²) in [6, 6.07) is 13.6. The molecule has 0 aliphatic carbocycles. The predicted octanol–water partition coefficient (Wildman–Crippen LogP) is 5.27. The molecule has 0 radical (unpaired) electrons. The van der Waals surface area contributed by atoms with E-state index in [2.05, 4.69) is 17.1 Å². The zero-order valence-electron chi connectivity index (χ0n) is 21.4. The molecular formula is C28H35N3O5. The molecule has 8 nitrogen and oxygen atoms in total. The Bertz CT molecular complexity index is 1130. The van der Waals surface area contributed by atoms with Crippen LogP contribution in [0.3, 0.4) is 0 Å². The van der Waals surface area contributed by atoms with Gasteiger partial charge in [-0.3, -0.25) is 4.79 Å². The Morgan fingerprint density at radius 2 is 1.78 bits per heavy atom. The largest absolute Gasteiger partial charge is 0.494 e. The number of likely N-dealkylation sites (tertiary alicyclic amines) is 1. The van der Waals surface area contributed by atoms with Gasteiger partial charge in [0.1, 0.15) is 5.75 Å². The van der Waals surface area contributed by atoms with E-state index < -0.39 is 0 Å². The molecule has 0 N–H and O–H groups in total. The maximum Gasteiger partial charge on any atom is 0.232 e. The molecule has 3 aromatic rings. The summed E-state index contributed by atoms with van der Waals surface area (Å²) in [5, 5.41) is 4.15. The van der Waals surface area contributed by atoms with Gasteiger partial charge in [-0.25, -0.2) is 0 Å². The molecule has 1 amide bonds. The van der Waals surface area contributed by atoms with Crippen LogP contribution in [0.4, 0.5) is 0 Å². The first-order chi connectivity index (χ1) is 17.6. The number of ether oxygens (including phenoxy) is 3. The molecular weight excluding hydrogens is 458 g/mol. The van der Waals surface area contributed by atoms with Gasteiger partial charge in [-0.15, -0.1) is 0 Å². The Balaban J connectivity index is 1.34. The van der Waals surface area contributed by atoms with Crippen LogP contribution in [0, 0.1) is 0 Å². The van der Waals surface area contributed by atoms with Crippen LogP contribution in [-0.2, 0) is 11.2 Å². The van der Waals surface area contributed by atoms with Crippen LogP contribution < -0.4 is 14.2 Å². The number of carbonyl (C=O) groups excluding carboxylic acids is 1. The standard InChI is InChI=1S/C28H35N3O5/c1-4-7-16-35-23-11-9-21(10-12-23)27-29-28(36-30-27)22-18-26(32)31(19-22)15-14-20-8-13-24(33-5-2)25(17-20)34-6-3/h8-13,17,22H,4-7,14-16,18-19H2,1-3H3. The monoisotopic (exact) mass is 493 g/mol. The van der Waals surface area contributed by atoms with Crippen LogP contribution in [0.1, 0.15) is 57.4 Å². The van der Waals surface area contributed by atoms with Gasteiger partial charge in [-0.2, -0.15) is 4.98 Å². The molecule has 2 heterocycles. The van der Waals surface area contributed by atoms with Gasteiger partial charge in [-0.1, -0.05) is 24.6 Å². The molecule has 4 rings (SSSR count). The highest BCUT2D eigenvalue weighted by Gasteiger charge is 2.34. The predicted molar refractivity (Wildman–Crippen MR) is 137 cm³/mol. The lowest BCUT2D eigenvalue weighted by atomic mass is 10.1. The number of carbonyl (C=O) groups is 1. The summed E-state index contributed by atoms with van der Waals surface area (Å²) in [4.78, 5) is 19.1. The van der Waals surface area contributed by atoms with Crippen molar-refractivity contribution in [2.75, 3.05) is 32.9 Å². The van der Waals surface area contributed by atoms with E-state index in [9.17, 15) is 4.79 Å². The molecule has 8 heteroatoms. The van der Waals surface area contributed by atoms with Crippen molar-refractivity contribution in [3.05, 3.63) is 53.9 Å². The summed E-state index contributed by atoms with van der Waals surface area (Å²) >= 11 is 0. The summed E-state index contributed by atoms with van der Waals surface area (Å²) in [6.45, 7) is 9.09. The molecule has 0 spiro atoms. The SMILES string of the molecule is CCCCOc1ccc(-c2noc(C3CC(=O)N(CCc4ccc(OCC)c(OCC)c4)C3)n2)cc1. The Hall–Kier alpha value is -3.55. The molecule has 1 aromatic heterocycles. The number of benzene rings is 2. The lowest BCUT2D eigenvalue weighted by Crippen LogP contribution is -2.27. The molecule has 192 valence electrons. The number of unbranched alkanes of at least 4 members (excludes halogenated alkanes) is 1. The van der Waals surface area contributed by atoms with E-state index in [1.807, 2.05) is 61.2 Å². The second kappa shape index (κ2) is 12.4. The number of amides is 1. The third-order valence-corrected chi connectivity index (χ3v) is 6.16. The van der Waals surface area contributed by atoms with Gasteiger partial charge >= 0.3 is 0 Å². The van der Waals surface area contributed by atoms with Crippen LogP contribution >= 0.6 is 0 Å². The molecule has 1 aliphatic heterocycles. The fourth-order valence-corrected chi connectivity index (χ4v) is 4.22. The summed E-state index contributed by atoms with van der Waals surface area (Å²) in [6.07, 6.45) is 3.23. The van der Waals surface area contributed by atoms with Gasteiger partial charge in [0.05, 0.1) is 25.7 Å². The smallest absolute Gasteiger partial charge is 0.232 e. The summed E-state index contributed by atoms with van der Waals surface area (Å²) < 4.78 is 22.6. The molecule has 1 fully saturated rings. The maximum absolute atomic E-state index is 12.7. The first-order valence-corrected chi connectivity index (χ1v) is 12.8. The minimum atomic E-state index is -0.102. The minimum absolute atomic E-state index is 0.101. The quantitative estimate of drug-likeness (QED) is 0.300. The number of hydrogen-bond donors (Lipinski definition) is 0. The topological polar surface area (TPSA) is 86.9 Å². The maximum atomic E-state index is 12.7. The first kappa shape index (κ1) is 25.5. The van der Waals surface area contributed by atoms with Crippen molar-refractivity contribution < 1.29 is 23.5 Å². The van der Waals surface area contributed by atoms with Crippen LogP contribution in [0.5, 0.6) is 17.2 Å². The third-order valence-electron chi connectivity index (χ3n) is 6.16. The Morgan fingerprint density at radius 3 is 2.53 bits per heavy atom. The van der Waals surface area contributed by atoms with Gasteiger partial charge in [-0.05, 0) is 68.7 Å². The number of nitrogens with zero attached hydrogens (tertiary/aromatic N) is 3. The van der Waals surface area contributed by atoms with Gasteiger partial charge in [0, 0.05) is 25.1 Å². The van der Waals surface area contributed by atoms with Crippen molar-refractivity contribution >= 4 is 5.91 Å². The van der Waals surface area contributed by atoms with E-state index >= 15 is 0 Å². The van der Waals surface area contributed by atoms with Gasteiger partial charge in [0.15, 0.2) is 11.5 Å². The molecule has 2 aromatic carbocycles. The second-order valence-electron chi connectivity index (χ2n) is 8.82. The number of hydrogen-bond acceptors (Lipinski definition) is 7. The summed E-state index contributed by atoms with van der Waals surface area (Å²) in [5.41, 5.74) is 1.95. The van der Waals surface area contributed by atoms with Gasteiger partial charge in [0.25, 0.3) is 0 Å². The number of rotatable bonds is 13. The van der Waals surface area contributed by atoms with Crippen molar-refractivity contribution in [2.24, 2.45) is 0 Å². The number of aromatic nitrogens is 2. The van der Waals surface area contributed by atoms with Crippen molar-refractivity contribution in [2.45, 2.75) is 52.4 Å². The van der Waals surface area contributed by atoms with E-state index in [1.54, 1.807) is 0 Å². The van der Waals surface area contributed by atoms with E-state index in [0.29, 0.717) is 51.0 Å². The average molecular weight is 494 g/mol. The lowest BCUT2D eigenvalue weighted by molar-refractivity contribution is -0.127. The zero-order valence-corrected chi connectivity index (χ0v) is 21.4. The zero-order chi connectivity index (χ0) is 25.3. The Kier molecular flexibility index (Phi) is 8.81. The normalized spacial score (nSPS) is 15.4. The van der Waals surface area contributed by atoms with Crippen LogP contribution in [-0.4, -0.2) is 53.9 Å². The highest BCUT2D eigenvalue weighted by Crippen LogP contribution is 2.31. The first-order valence-electron chi connectivity index (χ1n) is 12.8. The Morgan fingerprint density at radius 1 is 1.00 bits per heavy atom. The lowest BCUT2D eigenvalue weighted by Gasteiger charge is -2.17. The molecule has 1 saturated heterocycles. The van der Waals surface area contributed by atoms with Crippen molar-refractivity contribution in [1.82, 2.24) is 15.0 Å². The van der Waals surface area contributed by atoms with E-state index in [1.165, 1.54) is 0 Å². The van der Waals surface area contributed by atoms with E-state index in [4.69, 9.17) is 18.7 Å². The van der Waals surface area contributed by atoms with Crippen LogP contribution in [0.15, 0.2) is 47.0 Å². The minimum Gasteiger partial charge on any atom is -0.494 e. The average Bonchev–Trinajstić information content (AvgIpc) is 3.52. The molecule has 0 saturated carbocycles. The fraction of sp³-hybridized carbons (Fsp3) is 0.464. The van der Waals surface area contributed by atoms with Crippen LogP contribution in [0.25, 0.3) is 11.4 Å². The summed E-state index contributed by atoms with van der Waals surface area (Å²) in [7, 11) is 0. The van der Waals surface area contributed by atoms with Crippen LogP contribution in [0.2, 0.25) is 0 Å². The molecule has 1 aliphatic rings. The Labute approximate surface area is 212 Å². The molecule has 0 bridgehead atoms. The molecule has 1 atom stereocenters. The van der Waals surface area contributed by atoms with Crippen molar-refractivity contribution in [3.8, 4) is 28.6 Å². The van der Waals surface area contributed by atoms with Gasteiger partial charge < -0.3 is 23.6 Å².